The van der Waals surface area contributed by atoms with Gasteiger partial charge in [0.1, 0.15) is 0 Å². The summed E-state index contributed by atoms with van der Waals surface area (Å²) in [6.45, 7) is 3.97. The van der Waals surface area contributed by atoms with Gasteiger partial charge in [0.2, 0.25) is 0 Å². The Morgan fingerprint density at radius 2 is 1.94 bits per heavy atom. The molecule has 0 spiro atoms. The summed E-state index contributed by atoms with van der Waals surface area (Å²) in [6, 6.07) is 5.67. The molecule has 0 saturated carbocycles. The predicted molar refractivity (Wildman–Crippen MR) is 77.5 cm³/mol. The second-order valence-electron chi connectivity index (χ2n) is 3.93. The van der Waals surface area contributed by atoms with Gasteiger partial charge in [-0.1, -0.05) is 41.0 Å². The molecular weight excluding hydrogens is 287 g/mol. The Morgan fingerprint density at radius 3 is 2.67 bits per heavy atom. The Kier molecular flexibility index (Phi) is 4.49. The average molecular weight is 299 g/mol. The number of thioether (sulfide) groups is 1. The molecular formula is C13H12Cl2N2S. The van der Waals surface area contributed by atoms with Crippen LogP contribution in [0.15, 0.2) is 29.6 Å². The average Bonchev–Trinajstić information content (AvgIpc) is 2.34. The summed E-state index contributed by atoms with van der Waals surface area (Å²) >= 11 is 13.8. The Labute approximate surface area is 121 Å². The van der Waals surface area contributed by atoms with Crippen LogP contribution in [0.5, 0.6) is 0 Å². The molecule has 0 saturated heterocycles. The molecule has 0 aliphatic rings. The summed E-state index contributed by atoms with van der Waals surface area (Å²) < 4.78 is 0. The molecule has 0 N–H and O–H groups in total. The molecule has 5 heteroatoms. The molecule has 1 aromatic heterocycles. The minimum absolute atomic E-state index is 0.586. The summed E-state index contributed by atoms with van der Waals surface area (Å²) in [4.78, 5) is 8.56. The second-order valence-corrected chi connectivity index (χ2v) is 5.65. The Bertz CT molecular complexity index is 573. The van der Waals surface area contributed by atoms with Gasteiger partial charge in [0.05, 0.1) is 10.0 Å². The van der Waals surface area contributed by atoms with Crippen molar-refractivity contribution in [2.75, 3.05) is 0 Å². The van der Waals surface area contributed by atoms with Crippen LogP contribution < -0.4 is 0 Å². The summed E-state index contributed by atoms with van der Waals surface area (Å²) in [5, 5.41) is 1.96. The molecule has 0 fully saturated rings. The largest absolute Gasteiger partial charge is 0.231 e. The summed E-state index contributed by atoms with van der Waals surface area (Å²) in [5.41, 5.74) is 3.13. The zero-order valence-electron chi connectivity index (χ0n) is 10.1. The lowest BCUT2D eigenvalue weighted by molar-refractivity contribution is 0.931. The van der Waals surface area contributed by atoms with Crippen LogP contribution in [0.3, 0.4) is 0 Å². The lowest BCUT2D eigenvalue weighted by Crippen LogP contribution is -1.92. The van der Waals surface area contributed by atoms with Crippen LogP contribution in [-0.4, -0.2) is 9.97 Å². The molecule has 0 aliphatic carbocycles. The third-order valence-corrected chi connectivity index (χ3v) is 4.28. The molecule has 2 rings (SSSR count). The molecule has 0 bridgehead atoms. The van der Waals surface area contributed by atoms with E-state index in [-0.39, 0.29) is 0 Å². The number of nitrogens with zero attached hydrogens (tertiary/aromatic N) is 2. The van der Waals surface area contributed by atoms with Crippen LogP contribution in [0.2, 0.25) is 10.0 Å². The maximum atomic E-state index is 6.21. The lowest BCUT2D eigenvalue weighted by Gasteiger charge is -2.09. The molecule has 0 amide bonds. The first kappa shape index (κ1) is 13.7. The summed E-state index contributed by atoms with van der Waals surface area (Å²) in [7, 11) is 0. The lowest BCUT2D eigenvalue weighted by atomic mass is 10.1. The van der Waals surface area contributed by atoms with Gasteiger partial charge in [0.15, 0.2) is 5.16 Å². The second kappa shape index (κ2) is 5.91. The molecule has 1 aromatic carbocycles. The fourth-order valence-corrected chi connectivity index (χ4v) is 3.02. The van der Waals surface area contributed by atoms with Gasteiger partial charge in [-0.2, -0.15) is 0 Å². The molecule has 0 atom stereocenters. The van der Waals surface area contributed by atoms with Gasteiger partial charge < -0.3 is 0 Å². The molecule has 2 nitrogen and oxygen atoms in total. The van der Waals surface area contributed by atoms with Crippen molar-refractivity contribution in [3.05, 3.63) is 51.3 Å². The Hall–Kier alpha value is -0.770. The number of aromatic nitrogens is 2. The van der Waals surface area contributed by atoms with E-state index in [1.165, 1.54) is 0 Å². The number of hydrogen-bond acceptors (Lipinski definition) is 3. The van der Waals surface area contributed by atoms with Gasteiger partial charge in [-0.15, -0.1) is 0 Å². The highest BCUT2D eigenvalue weighted by atomic mass is 35.5. The third-order valence-electron chi connectivity index (χ3n) is 2.55. The van der Waals surface area contributed by atoms with Gasteiger partial charge in [-0.05, 0) is 37.1 Å². The summed E-state index contributed by atoms with van der Waals surface area (Å²) in [5.74, 6) is 0.717. The number of halogens is 2. The first-order valence-corrected chi connectivity index (χ1v) is 7.18. The highest BCUT2D eigenvalue weighted by Crippen LogP contribution is 2.32. The van der Waals surface area contributed by atoms with E-state index in [2.05, 4.69) is 9.97 Å². The van der Waals surface area contributed by atoms with Crippen LogP contribution >= 0.6 is 35.0 Å². The Morgan fingerprint density at radius 1 is 1.17 bits per heavy atom. The van der Waals surface area contributed by atoms with Crippen molar-refractivity contribution in [2.24, 2.45) is 0 Å². The van der Waals surface area contributed by atoms with Crippen molar-refractivity contribution >= 4 is 35.0 Å². The molecule has 0 unspecified atom stereocenters. The zero-order valence-corrected chi connectivity index (χ0v) is 12.4. The van der Waals surface area contributed by atoms with Gasteiger partial charge >= 0.3 is 0 Å². The predicted octanol–water partition coefficient (Wildman–Crippen LogP) is 4.69. The zero-order chi connectivity index (χ0) is 13.1. The molecule has 0 radical (unpaired) electrons. The number of aryl methyl sites for hydroxylation is 2. The van der Waals surface area contributed by atoms with Gasteiger partial charge in [-0.25, -0.2) is 9.97 Å². The van der Waals surface area contributed by atoms with Gasteiger partial charge in [-0.3, -0.25) is 0 Å². The van der Waals surface area contributed by atoms with Crippen molar-refractivity contribution in [1.29, 1.82) is 0 Å². The number of rotatable bonds is 3. The smallest absolute Gasteiger partial charge is 0.188 e. The topological polar surface area (TPSA) is 25.8 Å². The van der Waals surface area contributed by atoms with Crippen molar-refractivity contribution in [2.45, 2.75) is 24.8 Å². The molecule has 94 valence electrons. The molecule has 0 aliphatic heterocycles. The van der Waals surface area contributed by atoms with E-state index < -0.39 is 0 Å². The quantitative estimate of drug-likeness (QED) is 0.607. The van der Waals surface area contributed by atoms with Crippen molar-refractivity contribution in [3.63, 3.8) is 0 Å². The number of benzene rings is 1. The van der Waals surface area contributed by atoms with E-state index in [1.54, 1.807) is 18.0 Å². The maximum absolute atomic E-state index is 6.21. The molecule has 18 heavy (non-hydrogen) atoms. The van der Waals surface area contributed by atoms with E-state index in [1.807, 2.05) is 32.0 Å². The monoisotopic (exact) mass is 298 g/mol. The third kappa shape index (κ3) is 3.16. The first-order valence-electron chi connectivity index (χ1n) is 5.44. The molecule has 2 aromatic rings. The van der Waals surface area contributed by atoms with E-state index in [0.29, 0.717) is 15.8 Å². The van der Waals surface area contributed by atoms with E-state index >= 15 is 0 Å². The minimum Gasteiger partial charge on any atom is -0.231 e. The van der Waals surface area contributed by atoms with Crippen LogP contribution in [0.4, 0.5) is 0 Å². The van der Waals surface area contributed by atoms with Crippen LogP contribution in [-0.2, 0) is 5.75 Å². The molecule has 1 heterocycles. The van der Waals surface area contributed by atoms with E-state index in [0.717, 1.165) is 22.0 Å². The maximum Gasteiger partial charge on any atom is 0.188 e. The van der Waals surface area contributed by atoms with Gasteiger partial charge in [0.25, 0.3) is 0 Å². The van der Waals surface area contributed by atoms with E-state index in [9.17, 15) is 0 Å². The minimum atomic E-state index is 0.586. The fraction of sp³-hybridized carbons (Fsp3) is 0.231. The number of hydrogen-bond donors (Lipinski definition) is 0. The SMILES string of the molecule is Cc1ccnc(SCc2c(C)ccc(Cl)c2Cl)n1. The normalized spacial score (nSPS) is 10.7. The van der Waals surface area contributed by atoms with Gasteiger partial charge in [0, 0.05) is 17.6 Å². The van der Waals surface area contributed by atoms with Crippen LogP contribution in [0.25, 0.3) is 0 Å². The fourth-order valence-electron chi connectivity index (χ4n) is 1.50. The van der Waals surface area contributed by atoms with Crippen LogP contribution in [0.1, 0.15) is 16.8 Å². The van der Waals surface area contributed by atoms with Crippen molar-refractivity contribution in [1.82, 2.24) is 9.97 Å². The summed E-state index contributed by atoms with van der Waals surface area (Å²) in [6.07, 6.45) is 1.76. The first-order chi connectivity index (χ1) is 8.58. The van der Waals surface area contributed by atoms with Crippen molar-refractivity contribution in [3.8, 4) is 0 Å². The highest BCUT2D eigenvalue weighted by molar-refractivity contribution is 7.98. The van der Waals surface area contributed by atoms with E-state index in [4.69, 9.17) is 23.2 Å². The van der Waals surface area contributed by atoms with Crippen LogP contribution in [0, 0.1) is 13.8 Å². The Balaban J connectivity index is 2.18. The van der Waals surface area contributed by atoms with Crippen molar-refractivity contribution < 1.29 is 0 Å². The standard InChI is InChI=1S/C13H12Cl2N2S/c1-8-3-4-11(14)12(15)10(8)7-18-13-16-6-5-9(2)17-13/h3-6H,7H2,1-2H3. The highest BCUT2D eigenvalue weighted by Gasteiger charge is 2.09.